The number of carboxylic acids is 1. The molecule has 0 spiro atoms. The molecule has 0 bridgehead atoms. The molecule has 1 aliphatic heterocycles. The number of hydrogen-bond acceptors (Lipinski definition) is 14. The van der Waals surface area contributed by atoms with Crippen molar-refractivity contribution in [3.8, 4) is 0 Å². The lowest BCUT2D eigenvalue weighted by atomic mass is 9.94. The van der Waals surface area contributed by atoms with E-state index in [0.717, 1.165) is 0 Å². The molecule has 1 aliphatic rings. The fraction of sp³-hybridized carbons (Fsp3) is 0.638. The fourth-order valence-electron chi connectivity index (χ4n) is 7.70. The molecule has 0 saturated carbocycles. The van der Waals surface area contributed by atoms with Crippen molar-refractivity contribution in [1.82, 2.24) is 42.1 Å². The predicted molar refractivity (Wildman–Crippen MR) is 272 cm³/mol. The van der Waals surface area contributed by atoms with Gasteiger partial charge in [0.25, 0.3) is 0 Å². The van der Waals surface area contributed by atoms with Gasteiger partial charge in [0.1, 0.15) is 48.3 Å². The van der Waals surface area contributed by atoms with Crippen LogP contribution in [0.2, 0.25) is 0 Å². The SMILES string of the molecule is CC[C@H](C)[C@H](NC(=O)[C@H](Cc1ccccc1)NC(=O)[C@H](CCSC)NC(=O)[C@@H]1CCCN1C(=O)[C@H](CO)NC(=O)[C@H](C)N)C(=O)N[C@H](C(=O)N[C@@H](CC(N)=O)C(=O)N[C@@H](CCCN=C(N)N)C(=O)O)[C@@H](C)CC. The summed E-state index contributed by atoms with van der Waals surface area (Å²) in [5.41, 5.74) is 22.3. The number of amides is 9. The van der Waals surface area contributed by atoms with Crippen LogP contribution in [0.15, 0.2) is 35.3 Å². The van der Waals surface area contributed by atoms with E-state index in [1.807, 2.05) is 0 Å². The molecule has 1 heterocycles. The lowest BCUT2D eigenvalue weighted by molar-refractivity contribution is -0.143. The number of likely N-dealkylation sites (tertiary alicyclic amines) is 1. The van der Waals surface area contributed by atoms with E-state index in [1.54, 1.807) is 64.3 Å². The number of carbonyl (C=O) groups is 10. The third-order valence-electron chi connectivity index (χ3n) is 12.4. The predicted octanol–water partition coefficient (Wildman–Crippen LogP) is -3.19. The van der Waals surface area contributed by atoms with Crippen molar-refractivity contribution in [1.29, 1.82) is 0 Å². The number of rotatable bonds is 32. The summed E-state index contributed by atoms with van der Waals surface area (Å²) in [5, 5.41) is 37.8. The first-order valence-corrected chi connectivity index (χ1v) is 25.8. The molecule has 0 aromatic heterocycles. The average molecular weight is 1050 g/mol. The molecule has 73 heavy (non-hydrogen) atoms. The van der Waals surface area contributed by atoms with Crippen molar-refractivity contribution in [2.24, 2.45) is 39.8 Å². The number of aliphatic hydroxyl groups excluding tert-OH is 1. The Morgan fingerprint density at radius 1 is 0.712 bits per heavy atom. The maximum absolute atomic E-state index is 14.5. The van der Waals surface area contributed by atoms with Gasteiger partial charge in [-0.3, -0.25) is 48.1 Å². The van der Waals surface area contributed by atoms with Gasteiger partial charge in [-0.05, 0) is 68.4 Å². The Balaban J connectivity index is 2.42. The van der Waals surface area contributed by atoms with Crippen LogP contribution in [0, 0.1) is 11.8 Å². The minimum atomic E-state index is -1.65. The number of aliphatic hydroxyl groups is 1. The second kappa shape index (κ2) is 31.8. The Morgan fingerprint density at radius 2 is 1.25 bits per heavy atom. The summed E-state index contributed by atoms with van der Waals surface area (Å²) in [6, 6.07) is -2.96. The van der Waals surface area contributed by atoms with Gasteiger partial charge in [0.2, 0.25) is 53.2 Å². The van der Waals surface area contributed by atoms with Crippen molar-refractivity contribution in [3.63, 3.8) is 0 Å². The lowest BCUT2D eigenvalue weighted by Gasteiger charge is -2.31. The van der Waals surface area contributed by atoms with Crippen LogP contribution in [0.1, 0.15) is 91.5 Å². The van der Waals surface area contributed by atoms with Gasteiger partial charge in [-0.1, -0.05) is 70.9 Å². The molecule has 408 valence electrons. The number of aliphatic imine (C=N–C) groups is 1. The zero-order valence-corrected chi connectivity index (χ0v) is 43.3. The molecule has 1 fully saturated rings. The number of carbonyl (C=O) groups excluding carboxylic acids is 9. The highest BCUT2D eigenvalue weighted by molar-refractivity contribution is 7.98. The van der Waals surface area contributed by atoms with Crippen LogP contribution in [-0.4, -0.2) is 166 Å². The minimum Gasteiger partial charge on any atom is -0.480 e. The molecule has 17 N–H and O–H groups in total. The molecule has 0 aliphatic carbocycles. The first kappa shape index (κ1) is 62.6. The average Bonchev–Trinajstić information content (AvgIpc) is 3.85. The summed E-state index contributed by atoms with van der Waals surface area (Å²) in [7, 11) is 0. The molecule has 0 radical (unpaired) electrons. The smallest absolute Gasteiger partial charge is 0.326 e. The van der Waals surface area contributed by atoms with E-state index in [-0.39, 0.29) is 51.2 Å². The zero-order valence-electron chi connectivity index (χ0n) is 42.5. The Bertz CT molecular complexity index is 2080. The molecule has 11 atom stereocenters. The van der Waals surface area contributed by atoms with Crippen LogP contribution < -0.4 is 60.2 Å². The van der Waals surface area contributed by atoms with E-state index in [9.17, 15) is 58.2 Å². The van der Waals surface area contributed by atoms with Crippen molar-refractivity contribution in [2.75, 3.05) is 31.7 Å². The molecule has 1 aromatic rings. The number of guanidine groups is 1. The third kappa shape index (κ3) is 20.8. The molecule has 2 rings (SSSR count). The second-order valence-electron chi connectivity index (χ2n) is 18.1. The maximum Gasteiger partial charge on any atom is 0.326 e. The van der Waals surface area contributed by atoms with Gasteiger partial charge in [0, 0.05) is 19.5 Å². The van der Waals surface area contributed by atoms with E-state index < -0.39 is 138 Å². The molecule has 1 aromatic carbocycles. The first-order valence-electron chi connectivity index (χ1n) is 24.4. The van der Waals surface area contributed by atoms with E-state index in [0.29, 0.717) is 30.6 Å². The van der Waals surface area contributed by atoms with Gasteiger partial charge in [-0.25, -0.2) is 4.79 Å². The number of aliphatic carboxylic acids is 1. The Labute approximate surface area is 430 Å². The highest BCUT2D eigenvalue weighted by Crippen LogP contribution is 2.20. The quantitative estimate of drug-likeness (QED) is 0.0192. The number of nitrogens with zero attached hydrogens (tertiary/aromatic N) is 2. The van der Waals surface area contributed by atoms with Crippen molar-refractivity contribution in [2.45, 2.75) is 147 Å². The van der Waals surface area contributed by atoms with Crippen molar-refractivity contribution >= 4 is 76.9 Å². The van der Waals surface area contributed by atoms with Gasteiger partial charge >= 0.3 is 5.97 Å². The molecule has 25 nitrogen and oxygen atoms in total. The number of nitrogens with one attached hydrogen (secondary N) is 7. The van der Waals surface area contributed by atoms with E-state index in [4.69, 9.17) is 22.9 Å². The zero-order chi connectivity index (χ0) is 54.9. The molecular weight excluding hydrogens is 971 g/mol. The standard InChI is InChI=1S/C47H77N13O12S/c1-7-25(3)36(43(68)56-32(23-35(49)62)40(65)54-30(46(71)72)16-12-19-52-47(50)51)59-44(69)37(26(4)8-2)58-41(66)31(22-28-14-10-9-11-15-28)55-39(64)29(18-21-73-6)53-42(67)34-17-13-20-60(34)45(70)33(24-61)57-38(63)27(5)48/h9-11,14-15,25-27,29-34,36-37,61H,7-8,12-13,16-24,48H2,1-6H3,(H2,49,62)(H,53,67)(H,54,65)(H,55,64)(H,56,68)(H,57,63)(H,58,66)(H,59,69)(H,71,72)(H4,50,51,52)/t25-,26-,27-,29-,30-,31-,32-,33-,34-,36-,37-/m0/s1. The van der Waals surface area contributed by atoms with Crippen LogP contribution in [-0.2, 0) is 54.4 Å². The molecular formula is C47H77N13O12S. The van der Waals surface area contributed by atoms with Crippen LogP contribution in [0.25, 0.3) is 0 Å². The number of primary amides is 1. The van der Waals surface area contributed by atoms with Gasteiger partial charge in [-0.2, -0.15) is 11.8 Å². The number of hydrogen-bond donors (Lipinski definition) is 13. The number of benzene rings is 1. The summed E-state index contributed by atoms with van der Waals surface area (Å²) in [4.78, 5) is 139. The van der Waals surface area contributed by atoms with Crippen LogP contribution in [0.5, 0.6) is 0 Å². The Morgan fingerprint density at radius 3 is 1.78 bits per heavy atom. The van der Waals surface area contributed by atoms with Gasteiger partial charge in [0.05, 0.1) is 19.1 Å². The normalized spacial score (nSPS) is 17.3. The topological polar surface area (TPSA) is 415 Å². The van der Waals surface area contributed by atoms with Crippen LogP contribution in [0.4, 0.5) is 0 Å². The Hall–Kier alpha value is -6.54. The lowest BCUT2D eigenvalue weighted by Crippen LogP contribution is -2.62. The van der Waals surface area contributed by atoms with E-state index in [2.05, 4.69) is 42.2 Å². The van der Waals surface area contributed by atoms with Crippen LogP contribution >= 0.6 is 11.8 Å². The van der Waals surface area contributed by atoms with Gasteiger partial charge in [-0.15, -0.1) is 0 Å². The van der Waals surface area contributed by atoms with Crippen LogP contribution in [0.3, 0.4) is 0 Å². The largest absolute Gasteiger partial charge is 0.480 e. The summed E-state index contributed by atoms with van der Waals surface area (Å²) < 4.78 is 0. The molecule has 0 unspecified atom stereocenters. The fourth-order valence-corrected chi connectivity index (χ4v) is 8.17. The number of carboxylic acid groups (broad SMARTS) is 1. The Kier molecular flexibility index (Phi) is 27.3. The molecule has 1 saturated heterocycles. The summed E-state index contributed by atoms with van der Waals surface area (Å²) in [5.74, 6) is -9.66. The van der Waals surface area contributed by atoms with Crippen molar-refractivity contribution in [3.05, 3.63) is 35.9 Å². The highest BCUT2D eigenvalue weighted by Gasteiger charge is 2.40. The first-order chi connectivity index (χ1) is 34.5. The molecule has 26 heteroatoms. The summed E-state index contributed by atoms with van der Waals surface area (Å²) in [6.45, 7) is 7.73. The number of nitrogens with two attached hydrogens (primary N) is 4. The van der Waals surface area contributed by atoms with E-state index in [1.165, 1.54) is 23.6 Å². The summed E-state index contributed by atoms with van der Waals surface area (Å²) >= 11 is 1.40. The van der Waals surface area contributed by atoms with Crippen molar-refractivity contribution < 1.29 is 58.2 Å². The van der Waals surface area contributed by atoms with Gasteiger partial charge < -0.3 is 75.3 Å². The highest BCUT2D eigenvalue weighted by atomic mass is 32.2. The molecule has 9 amide bonds. The maximum atomic E-state index is 14.5. The second-order valence-corrected chi connectivity index (χ2v) is 19.1. The van der Waals surface area contributed by atoms with Gasteiger partial charge in [0.15, 0.2) is 5.96 Å². The van der Waals surface area contributed by atoms with E-state index >= 15 is 0 Å². The third-order valence-corrected chi connectivity index (χ3v) is 13.0. The monoisotopic (exact) mass is 1050 g/mol. The summed E-state index contributed by atoms with van der Waals surface area (Å²) in [6.07, 6.45) is 2.52. The number of thioether (sulfide) groups is 1. The minimum absolute atomic E-state index is 0.0583.